The van der Waals surface area contributed by atoms with Crippen molar-refractivity contribution in [2.24, 2.45) is 0 Å². The van der Waals surface area contributed by atoms with E-state index in [9.17, 15) is 4.57 Å². The van der Waals surface area contributed by atoms with E-state index in [1.165, 1.54) is 19.6 Å². The molecule has 0 fully saturated rings. The first-order valence-electron chi connectivity index (χ1n) is 4.91. The summed E-state index contributed by atoms with van der Waals surface area (Å²) in [5.41, 5.74) is 0. The van der Waals surface area contributed by atoms with Gasteiger partial charge in [-0.05, 0) is 13.8 Å². The molecule has 16 heavy (non-hydrogen) atoms. The molecule has 0 aliphatic carbocycles. The fourth-order valence-corrected chi connectivity index (χ4v) is 2.80. The minimum Gasteiger partial charge on any atom is -0.480 e. The van der Waals surface area contributed by atoms with Gasteiger partial charge in [-0.2, -0.15) is 0 Å². The number of aromatic nitrogens is 2. The molecule has 1 rings (SSSR count). The third-order valence-corrected chi connectivity index (χ3v) is 3.84. The van der Waals surface area contributed by atoms with Crippen molar-refractivity contribution in [3.63, 3.8) is 0 Å². The minimum atomic E-state index is -3.38. The molecule has 1 heterocycles. The van der Waals surface area contributed by atoms with E-state index in [1.54, 1.807) is 13.8 Å². The van der Waals surface area contributed by atoms with Crippen LogP contribution in [0, 0.1) is 0 Å². The molecule has 7 heteroatoms. The summed E-state index contributed by atoms with van der Waals surface area (Å²) in [5.74, 6) is 0.209. The SMILES string of the molecule is CCOP(=O)(OCC)c1cncnc1OC. The summed E-state index contributed by atoms with van der Waals surface area (Å²) in [5, 5.41) is 0.251. The van der Waals surface area contributed by atoms with E-state index < -0.39 is 7.60 Å². The van der Waals surface area contributed by atoms with E-state index in [2.05, 4.69) is 9.97 Å². The summed E-state index contributed by atoms with van der Waals surface area (Å²) < 4.78 is 27.7. The molecule has 0 bridgehead atoms. The van der Waals surface area contributed by atoms with Gasteiger partial charge >= 0.3 is 7.60 Å². The normalized spacial score (nSPS) is 11.4. The van der Waals surface area contributed by atoms with Gasteiger partial charge in [-0.3, -0.25) is 4.57 Å². The summed E-state index contributed by atoms with van der Waals surface area (Å²) in [6.45, 7) is 4.02. The molecule has 0 amide bonds. The van der Waals surface area contributed by atoms with E-state index in [0.29, 0.717) is 0 Å². The van der Waals surface area contributed by atoms with Crippen LogP contribution in [0.5, 0.6) is 5.88 Å². The van der Waals surface area contributed by atoms with Gasteiger partial charge in [0.15, 0.2) is 0 Å². The topological polar surface area (TPSA) is 70.5 Å². The van der Waals surface area contributed by atoms with Gasteiger partial charge < -0.3 is 13.8 Å². The van der Waals surface area contributed by atoms with Gasteiger partial charge in [0.1, 0.15) is 11.6 Å². The molecule has 0 N–H and O–H groups in total. The van der Waals surface area contributed by atoms with Crippen LogP contribution < -0.4 is 10.0 Å². The Hall–Kier alpha value is -0.970. The van der Waals surface area contributed by atoms with Crippen LogP contribution in [0.4, 0.5) is 0 Å². The Morgan fingerprint density at radius 2 is 1.94 bits per heavy atom. The summed E-state index contributed by atoms with van der Waals surface area (Å²) >= 11 is 0. The zero-order valence-corrected chi connectivity index (χ0v) is 10.4. The summed E-state index contributed by atoms with van der Waals surface area (Å²) in [4.78, 5) is 7.66. The molecule has 1 aromatic rings. The van der Waals surface area contributed by atoms with Crippen molar-refractivity contribution in [3.05, 3.63) is 12.5 Å². The first kappa shape index (κ1) is 13.1. The fourth-order valence-electron chi connectivity index (χ4n) is 1.17. The van der Waals surface area contributed by atoms with E-state index in [0.717, 1.165) is 0 Å². The second kappa shape index (κ2) is 5.94. The van der Waals surface area contributed by atoms with Gasteiger partial charge in [-0.1, -0.05) is 0 Å². The van der Waals surface area contributed by atoms with Gasteiger partial charge in [-0.25, -0.2) is 9.97 Å². The number of nitrogens with zero attached hydrogens (tertiary/aromatic N) is 2. The Labute approximate surface area is 94.5 Å². The lowest BCUT2D eigenvalue weighted by Crippen LogP contribution is -2.15. The maximum absolute atomic E-state index is 12.4. The van der Waals surface area contributed by atoms with Crippen LogP contribution in [0.3, 0.4) is 0 Å². The van der Waals surface area contributed by atoms with Crippen LogP contribution in [-0.2, 0) is 13.6 Å². The van der Waals surface area contributed by atoms with Crippen molar-refractivity contribution in [2.45, 2.75) is 13.8 Å². The summed E-state index contributed by atoms with van der Waals surface area (Å²) in [6.07, 6.45) is 2.70. The van der Waals surface area contributed by atoms with Crippen LogP contribution in [0.15, 0.2) is 12.5 Å². The molecule has 1 aromatic heterocycles. The maximum atomic E-state index is 12.4. The molecule has 0 atom stereocenters. The molecule has 0 saturated heterocycles. The highest BCUT2D eigenvalue weighted by atomic mass is 31.2. The Bertz CT molecular complexity index is 376. The lowest BCUT2D eigenvalue weighted by molar-refractivity contribution is 0.229. The van der Waals surface area contributed by atoms with Crippen LogP contribution >= 0.6 is 7.60 Å². The van der Waals surface area contributed by atoms with Crippen molar-refractivity contribution in [1.29, 1.82) is 0 Å². The molecular formula is C9H15N2O4P. The highest BCUT2D eigenvalue weighted by Gasteiger charge is 2.31. The average Bonchev–Trinajstić information content (AvgIpc) is 2.29. The van der Waals surface area contributed by atoms with E-state index in [1.807, 2.05) is 0 Å². The van der Waals surface area contributed by atoms with Crippen LogP contribution in [0.2, 0.25) is 0 Å². The van der Waals surface area contributed by atoms with Crippen molar-refractivity contribution in [2.75, 3.05) is 20.3 Å². The van der Waals surface area contributed by atoms with Crippen LogP contribution in [-0.4, -0.2) is 30.3 Å². The number of rotatable bonds is 6. The van der Waals surface area contributed by atoms with Crippen molar-refractivity contribution >= 4 is 12.9 Å². The molecule has 0 spiro atoms. The number of hydrogen-bond acceptors (Lipinski definition) is 6. The largest absolute Gasteiger partial charge is 0.480 e. The second-order valence-electron chi connectivity index (χ2n) is 2.75. The first-order chi connectivity index (χ1) is 7.68. The van der Waals surface area contributed by atoms with Gasteiger partial charge in [0, 0.05) is 6.20 Å². The summed E-state index contributed by atoms with van der Waals surface area (Å²) in [6, 6.07) is 0. The first-order valence-corrected chi connectivity index (χ1v) is 6.45. The molecule has 0 radical (unpaired) electrons. The predicted octanol–water partition coefficient (Wildman–Crippen LogP) is 1.38. The van der Waals surface area contributed by atoms with E-state index >= 15 is 0 Å². The van der Waals surface area contributed by atoms with Crippen molar-refractivity contribution < 1.29 is 18.3 Å². The second-order valence-corrected chi connectivity index (χ2v) is 4.74. The van der Waals surface area contributed by atoms with Crippen molar-refractivity contribution in [3.8, 4) is 5.88 Å². The molecule has 90 valence electrons. The zero-order valence-electron chi connectivity index (χ0n) is 9.54. The third-order valence-electron chi connectivity index (χ3n) is 1.74. The molecule has 0 saturated carbocycles. The zero-order chi connectivity index (χ0) is 12.0. The van der Waals surface area contributed by atoms with Crippen molar-refractivity contribution in [1.82, 2.24) is 9.97 Å². The number of methoxy groups -OCH3 is 1. The Kier molecular flexibility index (Phi) is 4.86. The predicted molar refractivity (Wildman–Crippen MR) is 59.1 cm³/mol. The molecule has 0 aromatic carbocycles. The monoisotopic (exact) mass is 246 g/mol. The standard InChI is InChI=1S/C9H15N2O4P/c1-4-14-16(12,15-5-2)8-6-10-7-11-9(8)13-3/h6-7H,4-5H2,1-3H3. The fraction of sp³-hybridized carbons (Fsp3) is 0.556. The quantitative estimate of drug-likeness (QED) is 0.706. The summed E-state index contributed by atoms with van der Waals surface area (Å²) in [7, 11) is -1.94. The maximum Gasteiger partial charge on any atom is 0.368 e. The Morgan fingerprint density at radius 1 is 1.31 bits per heavy atom. The molecule has 0 unspecified atom stereocenters. The smallest absolute Gasteiger partial charge is 0.368 e. The number of hydrogen-bond donors (Lipinski definition) is 0. The Balaban J connectivity index is 3.15. The molecular weight excluding hydrogens is 231 g/mol. The molecule has 0 aliphatic rings. The highest BCUT2D eigenvalue weighted by molar-refractivity contribution is 7.62. The highest BCUT2D eigenvalue weighted by Crippen LogP contribution is 2.48. The van der Waals surface area contributed by atoms with Crippen LogP contribution in [0.25, 0.3) is 0 Å². The lowest BCUT2D eigenvalue weighted by atomic mass is 10.6. The van der Waals surface area contributed by atoms with E-state index in [4.69, 9.17) is 13.8 Å². The van der Waals surface area contributed by atoms with Gasteiger partial charge in [0.25, 0.3) is 0 Å². The number of ether oxygens (including phenoxy) is 1. The third kappa shape index (κ3) is 2.78. The minimum absolute atomic E-state index is 0.209. The van der Waals surface area contributed by atoms with Gasteiger partial charge in [0.05, 0.1) is 20.3 Å². The molecule has 0 aliphatic heterocycles. The van der Waals surface area contributed by atoms with Gasteiger partial charge in [0.2, 0.25) is 5.88 Å². The van der Waals surface area contributed by atoms with Gasteiger partial charge in [-0.15, -0.1) is 0 Å². The van der Waals surface area contributed by atoms with Crippen LogP contribution in [0.1, 0.15) is 13.8 Å². The lowest BCUT2D eigenvalue weighted by Gasteiger charge is -2.17. The molecule has 6 nitrogen and oxygen atoms in total. The average molecular weight is 246 g/mol. The van der Waals surface area contributed by atoms with E-state index in [-0.39, 0.29) is 24.4 Å². The Morgan fingerprint density at radius 3 is 2.44 bits per heavy atom.